The van der Waals surface area contributed by atoms with Crippen molar-refractivity contribution in [3.8, 4) is 11.5 Å². The summed E-state index contributed by atoms with van der Waals surface area (Å²) in [7, 11) is 1.32. The topological polar surface area (TPSA) is 78.0 Å². The molecule has 1 saturated carbocycles. The van der Waals surface area contributed by atoms with Crippen LogP contribution in [0.15, 0.2) is 23.6 Å². The van der Waals surface area contributed by atoms with Crippen molar-refractivity contribution in [1.82, 2.24) is 9.88 Å². The second-order valence-electron chi connectivity index (χ2n) is 5.85. The third-order valence-electron chi connectivity index (χ3n) is 4.12. The lowest BCUT2D eigenvalue weighted by Gasteiger charge is -2.21. The van der Waals surface area contributed by atoms with Gasteiger partial charge in [0, 0.05) is 17.0 Å². The van der Waals surface area contributed by atoms with Crippen LogP contribution in [-0.4, -0.2) is 41.7 Å². The molecule has 4 rings (SSSR count). The van der Waals surface area contributed by atoms with Gasteiger partial charge in [-0.2, -0.15) is 0 Å². The molecule has 2 aliphatic rings. The molecular formula is C17H16N2O5S. The van der Waals surface area contributed by atoms with Crippen molar-refractivity contribution in [1.29, 1.82) is 0 Å². The van der Waals surface area contributed by atoms with E-state index in [1.54, 1.807) is 28.5 Å². The van der Waals surface area contributed by atoms with E-state index in [-0.39, 0.29) is 24.4 Å². The molecule has 2 aromatic rings. The fourth-order valence-electron chi connectivity index (χ4n) is 2.68. The van der Waals surface area contributed by atoms with Gasteiger partial charge in [0.2, 0.25) is 6.79 Å². The summed E-state index contributed by atoms with van der Waals surface area (Å²) in [5, 5.41) is 2.36. The SMILES string of the molecule is COC(=O)c1csc(CN(C(=O)c2ccc3c(c2)OCO3)C2CC2)n1. The second kappa shape index (κ2) is 6.36. The number of benzene rings is 1. The molecule has 0 atom stereocenters. The molecule has 1 amide bonds. The Balaban J connectivity index is 1.54. The second-order valence-corrected chi connectivity index (χ2v) is 6.79. The van der Waals surface area contributed by atoms with Crippen molar-refractivity contribution in [3.63, 3.8) is 0 Å². The smallest absolute Gasteiger partial charge is 0.357 e. The van der Waals surface area contributed by atoms with E-state index >= 15 is 0 Å². The molecular weight excluding hydrogens is 344 g/mol. The fourth-order valence-corrected chi connectivity index (χ4v) is 3.44. The van der Waals surface area contributed by atoms with Crippen LogP contribution >= 0.6 is 11.3 Å². The third-order valence-corrected chi connectivity index (χ3v) is 4.95. The molecule has 0 radical (unpaired) electrons. The lowest BCUT2D eigenvalue weighted by molar-refractivity contribution is 0.0594. The lowest BCUT2D eigenvalue weighted by atomic mass is 10.1. The first kappa shape index (κ1) is 15.9. The number of methoxy groups -OCH3 is 1. The number of hydrogen-bond acceptors (Lipinski definition) is 7. The van der Waals surface area contributed by atoms with Gasteiger partial charge in [0.05, 0.1) is 13.7 Å². The number of nitrogens with zero attached hydrogens (tertiary/aromatic N) is 2. The van der Waals surface area contributed by atoms with Crippen molar-refractivity contribution in [3.05, 3.63) is 39.8 Å². The highest BCUT2D eigenvalue weighted by Crippen LogP contribution is 2.35. The summed E-state index contributed by atoms with van der Waals surface area (Å²) < 4.78 is 15.3. The van der Waals surface area contributed by atoms with E-state index in [4.69, 9.17) is 9.47 Å². The summed E-state index contributed by atoms with van der Waals surface area (Å²) in [6.07, 6.45) is 1.96. The first-order valence-corrected chi connectivity index (χ1v) is 8.77. The Morgan fingerprint density at radius 1 is 1.32 bits per heavy atom. The van der Waals surface area contributed by atoms with Gasteiger partial charge in [0.15, 0.2) is 17.2 Å². The van der Waals surface area contributed by atoms with Gasteiger partial charge < -0.3 is 19.1 Å². The molecule has 0 spiro atoms. The number of hydrogen-bond donors (Lipinski definition) is 0. The van der Waals surface area contributed by atoms with E-state index in [1.165, 1.54) is 18.4 Å². The molecule has 1 fully saturated rings. The Bertz CT molecular complexity index is 830. The van der Waals surface area contributed by atoms with Gasteiger partial charge in [-0.1, -0.05) is 0 Å². The number of esters is 1. The number of thiazole rings is 1. The minimum absolute atomic E-state index is 0.0735. The summed E-state index contributed by atoms with van der Waals surface area (Å²) in [5.41, 5.74) is 0.828. The molecule has 130 valence electrons. The maximum absolute atomic E-state index is 12.9. The highest BCUT2D eigenvalue weighted by Gasteiger charge is 2.34. The van der Waals surface area contributed by atoms with Gasteiger partial charge in [-0.15, -0.1) is 11.3 Å². The molecule has 1 aromatic carbocycles. The van der Waals surface area contributed by atoms with Crippen molar-refractivity contribution in [2.75, 3.05) is 13.9 Å². The van der Waals surface area contributed by atoms with Crippen LogP contribution in [0.5, 0.6) is 11.5 Å². The first-order valence-electron chi connectivity index (χ1n) is 7.89. The molecule has 1 aliphatic heterocycles. The molecule has 7 nitrogen and oxygen atoms in total. The van der Waals surface area contributed by atoms with E-state index in [2.05, 4.69) is 9.72 Å². The highest BCUT2D eigenvalue weighted by atomic mass is 32.1. The summed E-state index contributed by atoms with van der Waals surface area (Å²) >= 11 is 1.35. The number of amides is 1. The highest BCUT2D eigenvalue weighted by molar-refractivity contribution is 7.09. The largest absolute Gasteiger partial charge is 0.464 e. The van der Waals surface area contributed by atoms with Crippen molar-refractivity contribution < 1.29 is 23.8 Å². The average Bonchev–Trinajstić information content (AvgIpc) is 3.18. The number of ether oxygens (including phenoxy) is 3. The predicted octanol–water partition coefficient (Wildman–Crippen LogP) is 2.46. The fraction of sp³-hybridized carbons (Fsp3) is 0.353. The van der Waals surface area contributed by atoms with Gasteiger partial charge in [0.1, 0.15) is 5.01 Å². The Hall–Kier alpha value is -2.61. The molecule has 0 unspecified atom stereocenters. The molecule has 0 N–H and O–H groups in total. The van der Waals surface area contributed by atoms with Gasteiger partial charge in [-0.25, -0.2) is 9.78 Å². The van der Waals surface area contributed by atoms with Crippen LogP contribution in [0.25, 0.3) is 0 Å². The summed E-state index contributed by atoms with van der Waals surface area (Å²) in [5.74, 6) is 0.694. The molecule has 8 heteroatoms. The molecule has 1 aromatic heterocycles. The van der Waals surface area contributed by atoms with Crippen LogP contribution in [0.4, 0.5) is 0 Å². The quantitative estimate of drug-likeness (QED) is 0.762. The number of carbonyl (C=O) groups is 2. The van der Waals surface area contributed by atoms with Crippen molar-refractivity contribution in [2.24, 2.45) is 0 Å². The van der Waals surface area contributed by atoms with Gasteiger partial charge >= 0.3 is 5.97 Å². The molecule has 25 heavy (non-hydrogen) atoms. The van der Waals surface area contributed by atoms with Crippen LogP contribution < -0.4 is 9.47 Å². The summed E-state index contributed by atoms with van der Waals surface area (Å²) in [6.45, 7) is 0.550. The minimum atomic E-state index is -0.470. The van der Waals surface area contributed by atoms with Crippen molar-refractivity contribution >= 4 is 23.2 Å². The average molecular weight is 360 g/mol. The minimum Gasteiger partial charge on any atom is -0.464 e. The zero-order valence-corrected chi connectivity index (χ0v) is 14.4. The molecule has 0 saturated heterocycles. The van der Waals surface area contributed by atoms with Gasteiger partial charge in [-0.05, 0) is 31.0 Å². The Morgan fingerprint density at radius 3 is 2.88 bits per heavy atom. The Labute approximate surface area is 148 Å². The Kier molecular flexibility index (Phi) is 4.04. The number of carbonyl (C=O) groups excluding carboxylic acids is 2. The predicted molar refractivity (Wildman–Crippen MR) is 88.9 cm³/mol. The van der Waals surface area contributed by atoms with Crippen molar-refractivity contribution in [2.45, 2.75) is 25.4 Å². The molecule has 2 heterocycles. The number of aromatic nitrogens is 1. The maximum atomic E-state index is 12.9. The van der Waals surface area contributed by atoms with Crippen LogP contribution in [0, 0.1) is 0 Å². The van der Waals surface area contributed by atoms with Crippen LogP contribution in [-0.2, 0) is 11.3 Å². The van der Waals surface area contributed by atoms with E-state index in [0.717, 1.165) is 12.8 Å². The molecule has 1 aliphatic carbocycles. The molecule has 0 bridgehead atoms. The summed E-state index contributed by atoms with van der Waals surface area (Å²) in [6, 6.07) is 5.41. The van der Waals surface area contributed by atoms with E-state index in [1.807, 2.05) is 0 Å². The normalized spacial score (nSPS) is 15.1. The van der Waals surface area contributed by atoms with E-state index < -0.39 is 5.97 Å². The summed E-state index contributed by atoms with van der Waals surface area (Å²) in [4.78, 5) is 30.6. The maximum Gasteiger partial charge on any atom is 0.357 e. The lowest BCUT2D eigenvalue weighted by Crippen LogP contribution is -2.32. The van der Waals surface area contributed by atoms with Gasteiger partial charge in [-0.3, -0.25) is 4.79 Å². The first-order chi connectivity index (χ1) is 12.2. The zero-order chi connectivity index (χ0) is 17.4. The van der Waals surface area contributed by atoms with Crippen LogP contribution in [0.1, 0.15) is 38.7 Å². The van der Waals surface area contributed by atoms with E-state index in [0.29, 0.717) is 28.6 Å². The Morgan fingerprint density at radius 2 is 2.12 bits per heavy atom. The third kappa shape index (κ3) is 3.17. The zero-order valence-electron chi connectivity index (χ0n) is 13.6. The standard InChI is InChI=1S/C17H16N2O5S/c1-22-17(21)12-8-25-15(18-12)7-19(11-3-4-11)16(20)10-2-5-13-14(6-10)24-9-23-13/h2,5-6,8,11H,3-4,7,9H2,1H3. The number of fused-ring (bicyclic) bond motifs is 1. The monoisotopic (exact) mass is 360 g/mol. The van der Waals surface area contributed by atoms with Crippen LogP contribution in [0.3, 0.4) is 0 Å². The van der Waals surface area contributed by atoms with Crippen LogP contribution in [0.2, 0.25) is 0 Å². The van der Waals surface area contributed by atoms with E-state index in [9.17, 15) is 9.59 Å². The van der Waals surface area contributed by atoms with Gasteiger partial charge in [0.25, 0.3) is 5.91 Å². The number of rotatable bonds is 5.